The normalized spacial score (nSPS) is 11.8. The van der Waals surface area contributed by atoms with Gasteiger partial charge in [0.25, 0.3) is 0 Å². The number of alkyl halides is 4. The Morgan fingerprint density at radius 2 is 1.75 bits per heavy atom. The summed E-state index contributed by atoms with van der Waals surface area (Å²) in [6, 6.07) is 9.21. The minimum Gasteiger partial charge on any atom is -0.487 e. The molecule has 6 heteroatoms. The van der Waals surface area contributed by atoms with E-state index in [1.54, 1.807) is 24.3 Å². The number of carbonyl (C=O) groups is 1. The number of ether oxygens (including phenoxy) is 1. The van der Waals surface area contributed by atoms with Gasteiger partial charge in [0.1, 0.15) is 12.0 Å². The molecular formula is C14H10F4O2. The summed E-state index contributed by atoms with van der Waals surface area (Å²) in [5.41, 5.74) is 0.482. The first-order valence-corrected chi connectivity index (χ1v) is 5.70. The van der Waals surface area contributed by atoms with Crippen LogP contribution in [0.15, 0.2) is 36.4 Å². The van der Waals surface area contributed by atoms with Crippen LogP contribution in [0.1, 0.15) is 10.4 Å². The molecule has 0 aromatic heterocycles. The van der Waals surface area contributed by atoms with E-state index in [4.69, 9.17) is 4.74 Å². The van der Waals surface area contributed by atoms with Crippen molar-refractivity contribution in [1.29, 1.82) is 0 Å². The van der Waals surface area contributed by atoms with E-state index in [1.807, 2.05) is 0 Å². The summed E-state index contributed by atoms with van der Waals surface area (Å²) in [5.74, 6) is -4.12. The zero-order valence-corrected chi connectivity index (χ0v) is 10.2. The predicted molar refractivity (Wildman–Crippen MR) is 65.8 cm³/mol. The van der Waals surface area contributed by atoms with Gasteiger partial charge in [0.15, 0.2) is 6.61 Å². The number of carbonyl (C=O) groups excluding carboxylic acids is 1. The third-order valence-electron chi connectivity index (χ3n) is 2.72. The number of halogens is 4. The van der Waals surface area contributed by atoms with Gasteiger partial charge in [-0.1, -0.05) is 18.2 Å². The van der Waals surface area contributed by atoms with Gasteiger partial charge in [-0.25, -0.2) is 8.78 Å². The van der Waals surface area contributed by atoms with Crippen LogP contribution in [-0.2, 0) is 0 Å². The number of hydrogen-bond donors (Lipinski definition) is 0. The molecule has 0 aliphatic rings. The first kappa shape index (κ1) is 14.3. The van der Waals surface area contributed by atoms with E-state index >= 15 is 0 Å². The molecule has 0 spiro atoms. The highest BCUT2D eigenvalue weighted by atomic mass is 19.3. The smallest absolute Gasteiger partial charge is 0.340 e. The van der Waals surface area contributed by atoms with Crippen molar-refractivity contribution >= 4 is 17.1 Å². The number of aldehydes is 1. The van der Waals surface area contributed by atoms with Crippen LogP contribution in [0.3, 0.4) is 0 Å². The molecule has 0 bridgehead atoms. The summed E-state index contributed by atoms with van der Waals surface area (Å²) in [5, 5.41) is 1.39. The Labute approximate surface area is 112 Å². The molecule has 0 saturated carbocycles. The van der Waals surface area contributed by atoms with Crippen molar-refractivity contribution in [1.82, 2.24) is 0 Å². The van der Waals surface area contributed by atoms with Gasteiger partial charge in [-0.3, -0.25) is 4.79 Å². The van der Waals surface area contributed by atoms with Crippen molar-refractivity contribution < 1.29 is 27.1 Å². The van der Waals surface area contributed by atoms with E-state index in [0.29, 0.717) is 17.2 Å². The summed E-state index contributed by atoms with van der Waals surface area (Å²) in [6.07, 6.45) is -3.08. The SMILES string of the molecule is O=Cc1ccc2cc(OCC(F)(F)C(F)F)ccc2c1. The highest BCUT2D eigenvalue weighted by Gasteiger charge is 2.41. The van der Waals surface area contributed by atoms with Crippen LogP contribution < -0.4 is 4.74 Å². The molecule has 0 aliphatic heterocycles. The van der Waals surface area contributed by atoms with Gasteiger partial charge in [-0.2, -0.15) is 8.78 Å². The van der Waals surface area contributed by atoms with Gasteiger partial charge in [-0.05, 0) is 29.0 Å². The fourth-order valence-corrected chi connectivity index (χ4v) is 1.65. The second-order valence-corrected chi connectivity index (χ2v) is 4.24. The maximum absolute atomic E-state index is 12.7. The number of fused-ring (bicyclic) bond motifs is 1. The first-order valence-electron chi connectivity index (χ1n) is 5.70. The van der Waals surface area contributed by atoms with Crippen LogP contribution in [0.25, 0.3) is 10.8 Å². The maximum atomic E-state index is 12.7. The topological polar surface area (TPSA) is 26.3 Å². The molecule has 2 aromatic carbocycles. The lowest BCUT2D eigenvalue weighted by atomic mass is 10.1. The molecule has 0 aliphatic carbocycles. The van der Waals surface area contributed by atoms with E-state index < -0.39 is 19.0 Å². The Morgan fingerprint density at radius 3 is 2.40 bits per heavy atom. The van der Waals surface area contributed by atoms with Crippen LogP contribution >= 0.6 is 0 Å². The molecule has 0 atom stereocenters. The molecule has 20 heavy (non-hydrogen) atoms. The zero-order chi connectivity index (χ0) is 14.8. The molecule has 0 saturated heterocycles. The molecule has 0 amide bonds. The molecule has 0 unspecified atom stereocenters. The first-order chi connectivity index (χ1) is 9.42. The molecule has 0 radical (unpaired) electrons. The fourth-order valence-electron chi connectivity index (χ4n) is 1.65. The van der Waals surface area contributed by atoms with Crippen molar-refractivity contribution in [3.8, 4) is 5.75 Å². The summed E-state index contributed by atoms with van der Waals surface area (Å²) in [7, 11) is 0. The van der Waals surface area contributed by atoms with Crippen LogP contribution in [0.4, 0.5) is 17.6 Å². The molecule has 0 N–H and O–H groups in total. The minimum absolute atomic E-state index is 0.0664. The number of hydrogen-bond acceptors (Lipinski definition) is 2. The van der Waals surface area contributed by atoms with E-state index in [0.717, 1.165) is 5.39 Å². The van der Waals surface area contributed by atoms with Crippen LogP contribution in [-0.4, -0.2) is 25.2 Å². The van der Waals surface area contributed by atoms with Crippen LogP contribution in [0, 0.1) is 0 Å². The summed E-state index contributed by atoms with van der Waals surface area (Å²) >= 11 is 0. The molecule has 2 rings (SSSR count). The van der Waals surface area contributed by atoms with Crippen molar-refractivity contribution in [2.24, 2.45) is 0 Å². The molecule has 0 heterocycles. The van der Waals surface area contributed by atoms with Gasteiger partial charge in [0.2, 0.25) is 0 Å². The molecule has 106 valence electrons. The Balaban J connectivity index is 2.18. The van der Waals surface area contributed by atoms with Crippen molar-refractivity contribution in [2.75, 3.05) is 6.61 Å². The summed E-state index contributed by atoms with van der Waals surface area (Å²) < 4.78 is 54.1. The highest BCUT2D eigenvalue weighted by molar-refractivity contribution is 5.89. The van der Waals surface area contributed by atoms with E-state index in [2.05, 4.69) is 0 Å². The molecular weight excluding hydrogens is 276 g/mol. The average Bonchev–Trinajstić information content (AvgIpc) is 2.44. The second kappa shape index (κ2) is 5.48. The Kier molecular flexibility index (Phi) is 3.92. The standard InChI is InChI=1S/C14H10F4O2/c15-13(16)14(17,18)8-20-12-4-3-10-5-9(7-19)1-2-11(10)6-12/h1-7,13H,8H2. The monoisotopic (exact) mass is 286 g/mol. The third-order valence-corrected chi connectivity index (χ3v) is 2.72. The lowest BCUT2D eigenvalue weighted by Gasteiger charge is -2.16. The quantitative estimate of drug-likeness (QED) is 0.615. The average molecular weight is 286 g/mol. The summed E-state index contributed by atoms with van der Waals surface area (Å²) in [4.78, 5) is 10.6. The lowest BCUT2D eigenvalue weighted by Crippen LogP contribution is -2.33. The van der Waals surface area contributed by atoms with Gasteiger partial charge in [-0.15, -0.1) is 0 Å². The van der Waals surface area contributed by atoms with Gasteiger partial charge >= 0.3 is 12.3 Å². The maximum Gasteiger partial charge on any atom is 0.340 e. The molecule has 2 aromatic rings. The lowest BCUT2D eigenvalue weighted by molar-refractivity contribution is -0.148. The van der Waals surface area contributed by atoms with Crippen molar-refractivity contribution in [3.05, 3.63) is 42.0 Å². The van der Waals surface area contributed by atoms with Crippen LogP contribution in [0.5, 0.6) is 5.75 Å². The van der Waals surface area contributed by atoms with E-state index in [-0.39, 0.29) is 5.75 Å². The number of benzene rings is 2. The largest absolute Gasteiger partial charge is 0.487 e. The summed E-state index contributed by atoms with van der Waals surface area (Å²) in [6.45, 7) is -1.39. The van der Waals surface area contributed by atoms with Crippen molar-refractivity contribution in [3.63, 3.8) is 0 Å². The Bertz CT molecular complexity index is 626. The van der Waals surface area contributed by atoms with Crippen molar-refractivity contribution in [2.45, 2.75) is 12.3 Å². The molecule has 0 fully saturated rings. The Hall–Kier alpha value is -2.11. The minimum atomic E-state index is -4.18. The Morgan fingerprint density at radius 1 is 1.10 bits per heavy atom. The second-order valence-electron chi connectivity index (χ2n) is 4.24. The third kappa shape index (κ3) is 3.07. The predicted octanol–water partition coefficient (Wildman–Crippen LogP) is 3.93. The van der Waals surface area contributed by atoms with Gasteiger partial charge in [0, 0.05) is 5.56 Å². The zero-order valence-electron chi connectivity index (χ0n) is 10.2. The highest BCUT2D eigenvalue weighted by Crippen LogP contribution is 2.26. The fraction of sp³-hybridized carbons (Fsp3) is 0.214. The van der Waals surface area contributed by atoms with Gasteiger partial charge < -0.3 is 4.74 Å². The molecule has 2 nitrogen and oxygen atoms in total. The van der Waals surface area contributed by atoms with Crippen LogP contribution in [0.2, 0.25) is 0 Å². The van der Waals surface area contributed by atoms with E-state index in [9.17, 15) is 22.4 Å². The number of rotatable bonds is 5. The van der Waals surface area contributed by atoms with Gasteiger partial charge in [0.05, 0.1) is 0 Å². The van der Waals surface area contributed by atoms with E-state index in [1.165, 1.54) is 12.1 Å².